The molecule has 1 aromatic carbocycles. The van der Waals surface area contributed by atoms with Gasteiger partial charge in [0.1, 0.15) is 0 Å². The molecule has 0 amide bonds. The highest BCUT2D eigenvalue weighted by Gasteiger charge is 2.34. The van der Waals surface area contributed by atoms with Crippen LogP contribution in [0.15, 0.2) is 18.2 Å². The third-order valence-corrected chi connectivity index (χ3v) is 3.03. The van der Waals surface area contributed by atoms with E-state index < -0.39 is 11.7 Å². The SMILES string of the molecule is CCCCC(C)c1ccc(C#N)c(C(F)(F)F)c1. The topological polar surface area (TPSA) is 23.8 Å². The van der Waals surface area contributed by atoms with E-state index >= 15 is 0 Å². The van der Waals surface area contributed by atoms with Crippen LogP contribution in [0.2, 0.25) is 0 Å². The molecule has 1 unspecified atom stereocenters. The molecule has 0 fully saturated rings. The van der Waals surface area contributed by atoms with Crippen molar-refractivity contribution in [3.63, 3.8) is 0 Å². The van der Waals surface area contributed by atoms with Gasteiger partial charge in [0, 0.05) is 0 Å². The van der Waals surface area contributed by atoms with E-state index in [9.17, 15) is 13.2 Å². The van der Waals surface area contributed by atoms with Crippen LogP contribution in [0.4, 0.5) is 13.2 Å². The summed E-state index contributed by atoms with van der Waals surface area (Å²) in [7, 11) is 0. The van der Waals surface area contributed by atoms with Crippen molar-refractivity contribution in [3.8, 4) is 6.07 Å². The fourth-order valence-electron chi connectivity index (χ4n) is 1.88. The quantitative estimate of drug-likeness (QED) is 0.752. The summed E-state index contributed by atoms with van der Waals surface area (Å²) >= 11 is 0. The van der Waals surface area contributed by atoms with E-state index in [0.717, 1.165) is 25.3 Å². The second-order valence-electron chi connectivity index (χ2n) is 4.46. The van der Waals surface area contributed by atoms with Gasteiger partial charge in [0.05, 0.1) is 17.2 Å². The minimum atomic E-state index is -4.47. The fraction of sp³-hybridized carbons (Fsp3) is 0.500. The molecule has 1 aromatic rings. The Bertz CT molecular complexity index is 443. The Balaban J connectivity index is 3.08. The zero-order valence-corrected chi connectivity index (χ0v) is 10.5. The van der Waals surface area contributed by atoms with E-state index in [1.807, 2.05) is 13.8 Å². The number of nitrogens with zero attached hydrogens (tertiary/aromatic N) is 1. The number of rotatable bonds is 4. The van der Waals surface area contributed by atoms with E-state index in [1.54, 1.807) is 12.1 Å². The molecule has 0 aliphatic rings. The Morgan fingerprint density at radius 1 is 1.33 bits per heavy atom. The van der Waals surface area contributed by atoms with Crippen LogP contribution < -0.4 is 0 Å². The Labute approximate surface area is 105 Å². The monoisotopic (exact) mass is 255 g/mol. The summed E-state index contributed by atoms with van der Waals surface area (Å²) in [6.45, 7) is 3.96. The molecular weight excluding hydrogens is 239 g/mol. The molecular formula is C14H16F3N. The molecule has 0 saturated heterocycles. The van der Waals surface area contributed by atoms with Gasteiger partial charge in [0.2, 0.25) is 0 Å². The largest absolute Gasteiger partial charge is 0.417 e. The van der Waals surface area contributed by atoms with Crippen LogP contribution in [-0.2, 0) is 6.18 Å². The summed E-state index contributed by atoms with van der Waals surface area (Å²) in [5, 5.41) is 8.70. The van der Waals surface area contributed by atoms with E-state index in [0.29, 0.717) is 5.56 Å². The van der Waals surface area contributed by atoms with Gasteiger partial charge in [-0.05, 0) is 30.0 Å². The van der Waals surface area contributed by atoms with Crippen LogP contribution in [0.25, 0.3) is 0 Å². The molecule has 0 N–H and O–H groups in total. The first-order valence-corrected chi connectivity index (χ1v) is 6.01. The molecule has 98 valence electrons. The Morgan fingerprint density at radius 3 is 2.50 bits per heavy atom. The van der Waals surface area contributed by atoms with Gasteiger partial charge in [-0.15, -0.1) is 0 Å². The van der Waals surface area contributed by atoms with Crippen molar-refractivity contribution in [1.29, 1.82) is 5.26 Å². The van der Waals surface area contributed by atoms with Gasteiger partial charge in [-0.2, -0.15) is 18.4 Å². The van der Waals surface area contributed by atoms with Crippen LogP contribution in [0.1, 0.15) is 55.7 Å². The number of halogens is 3. The molecule has 0 saturated carbocycles. The van der Waals surface area contributed by atoms with Gasteiger partial charge in [0.15, 0.2) is 0 Å². The van der Waals surface area contributed by atoms with E-state index in [2.05, 4.69) is 0 Å². The zero-order chi connectivity index (χ0) is 13.8. The molecule has 0 bridgehead atoms. The Hall–Kier alpha value is -1.50. The van der Waals surface area contributed by atoms with Crippen molar-refractivity contribution in [2.24, 2.45) is 0 Å². The van der Waals surface area contributed by atoms with E-state index in [1.165, 1.54) is 6.07 Å². The van der Waals surface area contributed by atoms with Gasteiger partial charge >= 0.3 is 6.18 Å². The summed E-state index contributed by atoms with van der Waals surface area (Å²) in [5.41, 5.74) is -0.491. The van der Waals surface area contributed by atoms with Crippen molar-refractivity contribution in [2.45, 2.75) is 45.2 Å². The van der Waals surface area contributed by atoms with Gasteiger partial charge in [-0.25, -0.2) is 0 Å². The number of hydrogen-bond donors (Lipinski definition) is 0. The molecule has 0 radical (unpaired) electrons. The maximum absolute atomic E-state index is 12.8. The van der Waals surface area contributed by atoms with Gasteiger partial charge < -0.3 is 0 Å². The highest BCUT2D eigenvalue weighted by molar-refractivity contribution is 5.42. The first-order chi connectivity index (χ1) is 8.40. The number of benzene rings is 1. The normalized spacial score (nSPS) is 13.1. The summed E-state index contributed by atoms with van der Waals surface area (Å²) in [4.78, 5) is 0. The second kappa shape index (κ2) is 5.90. The Morgan fingerprint density at radius 2 is 2.00 bits per heavy atom. The van der Waals surface area contributed by atoms with E-state index in [4.69, 9.17) is 5.26 Å². The highest BCUT2D eigenvalue weighted by atomic mass is 19.4. The highest BCUT2D eigenvalue weighted by Crippen LogP contribution is 2.34. The molecule has 4 heteroatoms. The molecule has 0 aliphatic carbocycles. The van der Waals surface area contributed by atoms with Gasteiger partial charge in [-0.1, -0.05) is 32.8 Å². The van der Waals surface area contributed by atoms with Crippen LogP contribution in [0.5, 0.6) is 0 Å². The lowest BCUT2D eigenvalue weighted by molar-refractivity contribution is -0.137. The summed E-state index contributed by atoms with van der Waals surface area (Å²) in [6.07, 6.45) is -1.60. The molecule has 0 heterocycles. The molecule has 1 nitrogen and oxygen atoms in total. The van der Waals surface area contributed by atoms with E-state index in [-0.39, 0.29) is 11.5 Å². The number of alkyl halides is 3. The molecule has 0 spiro atoms. The summed E-state index contributed by atoms with van der Waals surface area (Å²) in [5.74, 6) is 0.0822. The lowest BCUT2D eigenvalue weighted by atomic mass is 9.92. The summed E-state index contributed by atoms with van der Waals surface area (Å²) < 4.78 is 38.3. The van der Waals surface area contributed by atoms with Crippen molar-refractivity contribution < 1.29 is 13.2 Å². The first kappa shape index (κ1) is 14.6. The summed E-state index contributed by atoms with van der Waals surface area (Å²) in [6, 6.07) is 5.59. The third-order valence-electron chi connectivity index (χ3n) is 3.03. The maximum Gasteiger partial charge on any atom is 0.417 e. The number of hydrogen-bond acceptors (Lipinski definition) is 1. The molecule has 1 atom stereocenters. The van der Waals surface area contributed by atoms with Gasteiger partial charge in [-0.3, -0.25) is 0 Å². The third kappa shape index (κ3) is 3.49. The van der Waals surface area contributed by atoms with Crippen molar-refractivity contribution in [1.82, 2.24) is 0 Å². The minimum Gasteiger partial charge on any atom is -0.192 e. The van der Waals surface area contributed by atoms with Crippen LogP contribution >= 0.6 is 0 Å². The average Bonchev–Trinajstić information content (AvgIpc) is 2.34. The van der Waals surface area contributed by atoms with Crippen LogP contribution in [0.3, 0.4) is 0 Å². The smallest absolute Gasteiger partial charge is 0.192 e. The van der Waals surface area contributed by atoms with Gasteiger partial charge in [0.25, 0.3) is 0 Å². The van der Waals surface area contributed by atoms with Crippen molar-refractivity contribution >= 4 is 0 Å². The molecule has 1 rings (SSSR count). The number of nitriles is 1. The van der Waals surface area contributed by atoms with Crippen molar-refractivity contribution in [2.75, 3.05) is 0 Å². The van der Waals surface area contributed by atoms with Crippen molar-refractivity contribution in [3.05, 3.63) is 34.9 Å². The maximum atomic E-state index is 12.8. The lowest BCUT2D eigenvalue weighted by Crippen LogP contribution is -2.09. The average molecular weight is 255 g/mol. The number of unbranched alkanes of at least 4 members (excludes halogenated alkanes) is 1. The Kier molecular flexibility index (Phi) is 4.77. The zero-order valence-electron chi connectivity index (χ0n) is 10.5. The standard InChI is InChI=1S/C14H16F3N/c1-3-4-5-10(2)11-6-7-12(9-18)13(8-11)14(15,16)17/h6-8,10H,3-5H2,1-2H3. The van der Waals surface area contributed by atoms with Crippen LogP contribution in [0, 0.1) is 11.3 Å². The fourth-order valence-corrected chi connectivity index (χ4v) is 1.88. The predicted octanol–water partition coefficient (Wildman–Crippen LogP) is 4.87. The van der Waals surface area contributed by atoms with Crippen LogP contribution in [-0.4, -0.2) is 0 Å². The minimum absolute atomic E-state index is 0.0822. The molecule has 18 heavy (non-hydrogen) atoms. The molecule has 0 aromatic heterocycles. The lowest BCUT2D eigenvalue weighted by Gasteiger charge is -2.15. The first-order valence-electron chi connectivity index (χ1n) is 6.01. The predicted molar refractivity (Wildman–Crippen MR) is 64.1 cm³/mol. The second-order valence-corrected chi connectivity index (χ2v) is 4.46. The molecule has 0 aliphatic heterocycles.